The van der Waals surface area contributed by atoms with Crippen LogP contribution in [0.25, 0.3) is 0 Å². The summed E-state index contributed by atoms with van der Waals surface area (Å²) in [5, 5.41) is 0. The van der Waals surface area contributed by atoms with Gasteiger partial charge in [0.15, 0.2) is 0 Å². The average molecular weight is 164 g/mol. The van der Waals surface area contributed by atoms with Gasteiger partial charge in [0.25, 0.3) is 0 Å². The normalized spacial score (nSPS) is 9.50. The Bertz CT molecular complexity index is 307. The summed E-state index contributed by atoms with van der Waals surface area (Å²) < 4.78 is 4.97. The fourth-order valence-electron chi connectivity index (χ4n) is 0.898. The molecule has 0 aliphatic carbocycles. The Morgan fingerprint density at radius 1 is 1.58 bits per heavy atom. The van der Waals surface area contributed by atoms with Gasteiger partial charge in [0.2, 0.25) is 5.91 Å². The summed E-state index contributed by atoms with van der Waals surface area (Å²) in [5.41, 5.74) is 6.24. The third-order valence-corrected chi connectivity index (χ3v) is 1.57. The molecule has 0 saturated heterocycles. The summed E-state index contributed by atoms with van der Waals surface area (Å²) >= 11 is 0. The first-order valence-electron chi connectivity index (χ1n) is 3.45. The molecule has 0 spiro atoms. The molecule has 0 heterocycles. The number of methoxy groups -OCH3 is 1. The standard InChI is InChI=1S/C9H10NO2/c1-6-3-4-7(9(10)11)5-8(6)12-2/h3-5H,1H2,2H3,(H2,10,11). The molecule has 3 nitrogen and oxygen atoms in total. The van der Waals surface area contributed by atoms with Gasteiger partial charge in [-0.1, -0.05) is 6.07 Å². The second-order valence-electron chi connectivity index (χ2n) is 2.39. The lowest BCUT2D eigenvalue weighted by Gasteiger charge is -2.04. The van der Waals surface area contributed by atoms with E-state index in [1.807, 2.05) is 0 Å². The molecule has 1 amide bonds. The summed E-state index contributed by atoms with van der Waals surface area (Å²) in [5.74, 6) is 0.111. The highest BCUT2D eigenvalue weighted by atomic mass is 16.5. The highest BCUT2D eigenvalue weighted by molar-refractivity contribution is 5.93. The average Bonchev–Trinajstić information content (AvgIpc) is 2.05. The van der Waals surface area contributed by atoms with Gasteiger partial charge >= 0.3 is 0 Å². The van der Waals surface area contributed by atoms with E-state index in [1.165, 1.54) is 7.11 Å². The van der Waals surface area contributed by atoms with Crippen molar-refractivity contribution >= 4 is 5.91 Å². The minimum atomic E-state index is -0.465. The van der Waals surface area contributed by atoms with E-state index in [-0.39, 0.29) is 0 Å². The predicted octanol–water partition coefficient (Wildman–Crippen LogP) is 0.976. The molecule has 2 N–H and O–H groups in total. The van der Waals surface area contributed by atoms with Crippen LogP contribution < -0.4 is 10.5 Å². The number of hydrogen-bond donors (Lipinski definition) is 1. The summed E-state index contributed by atoms with van der Waals surface area (Å²) in [6.45, 7) is 3.71. The van der Waals surface area contributed by atoms with E-state index in [4.69, 9.17) is 10.5 Å². The number of nitrogens with two attached hydrogens (primary N) is 1. The Labute approximate surface area is 71.1 Å². The zero-order chi connectivity index (χ0) is 9.14. The van der Waals surface area contributed by atoms with Crippen molar-refractivity contribution in [2.75, 3.05) is 7.11 Å². The van der Waals surface area contributed by atoms with E-state index < -0.39 is 5.91 Å². The van der Waals surface area contributed by atoms with Gasteiger partial charge in [-0.3, -0.25) is 4.79 Å². The van der Waals surface area contributed by atoms with Crippen molar-refractivity contribution < 1.29 is 9.53 Å². The molecule has 0 atom stereocenters. The van der Waals surface area contributed by atoms with Crippen molar-refractivity contribution in [3.8, 4) is 5.75 Å². The summed E-state index contributed by atoms with van der Waals surface area (Å²) in [6, 6.07) is 4.89. The van der Waals surface area contributed by atoms with E-state index in [1.54, 1.807) is 18.2 Å². The number of carbonyl (C=O) groups excluding carboxylic acids is 1. The highest BCUT2D eigenvalue weighted by Gasteiger charge is 2.03. The van der Waals surface area contributed by atoms with Crippen LogP contribution in [0, 0.1) is 6.92 Å². The number of benzene rings is 1. The number of ether oxygens (including phenoxy) is 1. The van der Waals surface area contributed by atoms with Crippen molar-refractivity contribution in [1.29, 1.82) is 0 Å². The van der Waals surface area contributed by atoms with E-state index in [2.05, 4.69) is 6.92 Å². The maximum absolute atomic E-state index is 10.7. The van der Waals surface area contributed by atoms with Gasteiger partial charge in [0.1, 0.15) is 5.75 Å². The van der Waals surface area contributed by atoms with E-state index in [9.17, 15) is 4.79 Å². The van der Waals surface area contributed by atoms with E-state index >= 15 is 0 Å². The van der Waals surface area contributed by atoms with Gasteiger partial charge in [0.05, 0.1) is 7.11 Å². The maximum Gasteiger partial charge on any atom is 0.248 e. The molecule has 1 aromatic carbocycles. The zero-order valence-corrected chi connectivity index (χ0v) is 6.83. The van der Waals surface area contributed by atoms with Gasteiger partial charge < -0.3 is 10.5 Å². The SMILES string of the molecule is [CH2]c1ccc(C(N)=O)cc1OC. The van der Waals surface area contributed by atoms with Gasteiger partial charge in [-0.05, 0) is 24.6 Å². The predicted molar refractivity (Wildman–Crippen MR) is 46.0 cm³/mol. The monoisotopic (exact) mass is 164 g/mol. The van der Waals surface area contributed by atoms with Crippen LogP contribution in [-0.4, -0.2) is 13.0 Å². The second kappa shape index (κ2) is 3.26. The maximum atomic E-state index is 10.7. The minimum absolute atomic E-state index is 0.430. The van der Waals surface area contributed by atoms with Gasteiger partial charge in [-0.25, -0.2) is 0 Å². The van der Waals surface area contributed by atoms with Crippen LogP contribution in [0.1, 0.15) is 15.9 Å². The highest BCUT2D eigenvalue weighted by Crippen LogP contribution is 2.18. The molecule has 3 heteroatoms. The van der Waals surface area contributed by atoms with Crippen LogP contribution in [0.15, 0.2) is 18.2 Å². The fraction of sp³-hybridized carbons (Fsp3) is 0.111. The van der Waals surface area contributed by atoms with Crippen LogP contribution in [0.4, 0.5) is 0 Å². The minimum Gasteiger partial charge on any atom is -0.496 e. The van der Waals surface area contributed by atoms with E-state index in [0.717, 1.165) is 5.56 Å². The van der Waals surface area contributed by atoms with Crippen LogP contribution in [0.5, 0.6) is 5.75 Å². The molecule has 0 bridgehead atoms. The molecular formula is C9H10NO2. The van der Waals surface area contributed by atoms with Crippen LogP contribution in [-0.2, 0) is 0 Å². The Morgan fingerprint density at radius 3 is 2.75 bits per heavy atom. The molecule has 0 saturated carbocycles. The first-order valence-corrected chi connectivity index (χ1v) is 3.45. The number of hydrogen-bond acceptors (Lipinski definition) is 2. The number of amides is 1. The molecule has 1 aromatic rings. The van der Waals surface area contributed by atoms with E-state index in [0.29, 0.717) is 11.3 Å². The quantitative estimate of drug-likeness (QED) is 0.708. The summed E-state index contributed by atoms with van der Waals surface area (Å²) in [7, 11) is 1.52. The summed E-state index contributed by atoms with van der Waals surface area (Å²) in [6.07, 6.45) is 0. The molecule has 0 aliphatic rings. The van der Waals surface area contributed by atoms with Gasteiger partial charge in [-0.15, -0.1) is 0 Å². The first-order chi connectivity index (χ1) is 5.65. The summed E-state index contributed by atoms with van der Waals surface area (Å²) in [4.78, 5) is 10.7. The smallest absolute Gasteiger partial charge is 0.248 e. The molecule has 12 heavy (non-hydrogen) atoms. The molecule has 63 valence electrons. The zero-order valence-electron chi connectivity index (χ0n) is 6.83. The van der Waals surface area contributed by atoms with Crippen LogP contribution in [0.2, 0.25) is 0 Å². The largest absolute Gasteiger partial charge is 0.496 e. The van der Waals surface area contributed by atoms with Crippen molar-refractivity contribution in [2.45, 2.75) is 0 Å². The molecule has 0 fully saturated rings. The van der Waals surface area contributed by atoms with Crippen molar-refractivity contribution in [2.24, 2.45) is 5.73 Å². The Morgan fingerprint density at radius 2 is 2.25 bits per heavy atom. The second-order valence-corrected chi connectivity index (χ2v) is 2.39. The molecule has 0 unspecified atom stereocenters. The first kappa shape index (κ1) is 8.59. The molecular weight excluding hydrogens is 154 g/mol. The number of rotatable bonds is 2. The Kier molecular flexibility index (Phi) is 2.33. The Hall–Kier alpha value is -1.51. The van der Waals surface area contributed by atoms with Crippen LogP contribution in [0.3, 0.4) is 0 Å². The number of carbonyl (C=O) groups is 1. The molecule has 1 rings (SSSR count). The van der Waals surface area contributed by atoms with Gasteiger partial charge in [0, 0.05) is 5.56 Å². The lowest BCUT2D eigenvalue weighted by molar-refractivity contribution is 0.1000. The van der Waals surface area contributed by atoms with Crippen molar-refractivity contribution in [1.82, 2.24) is 0 Å². The third-order valence-electron chi connectivity index (χ3n) is 1.57. The third kappa shape index (κ3) is 1.56. The lowest BCUT2D eigenvalue weighted by Crippen LogP contribution is -2.10. The van der Waals surface area contributed by atoms with Crippen molar-refractivity contribution in [3.05, 3.63) is 36.2 Å². The number of primary amides is 1. The molecule has 0 aromatic heterocycles. The molecule has 0 aliphatic heterocycles. The lowest BCUT2D eigenvalue weighted by atomic mass is 10.1. The Balaban J connectivity index is 3.13. The van der Waals surface area contributed by atoms with Crippen LogP contribution >= 0.6 is 0 Å². The van der Waals surface area contributed by atoms with Crippen molar-refractivity contribution in [3.63, 3.8) is 0 Å². The fourth-order valence-corrected chi connectivity index (χ4v) is 0.898. The van der Waals surface area contributed by atoms with Gasteiger partial charge in [-0.2, -0.15) is 0 Å². The topological polar surface area (TPSA) is 52.3 Å². The molecule has 1 radical (unpaired) electrons.